The van der Waals surface area contributed by atoms with Crippen molar-refractivity contribution in [1.82, 2.24) is 4.90 Å². The molecule has 2 nitrogen and oxygen atoms in total. The van der Waals surface area contributed by atoms with E-state index in [1.54, 1.807) is 0 Å². The lowest BCUT2D eigenvalue weighted by molar-refractivity contribution is 0.108. The zero-order valence-electron chi connectivity index (χ0n) is 12.5. The van der Waals surface area contributed by atoms with E-state index in [1.165, 1.54) is 0 Å². The Labute approximate surface area is 132 Å². The third-order valence-corrected chi connectivity index (χ3v) is 4.17. The molecule has 0 aromatic heterocycles. The summed E-state index contributed by atoms with van der Waals surface area (Å²) < 4.78 is 0. The predicted octanol–water partition coefficient (Wildman–Crippen LogP) is 3.94. The molecular formula is C18H22ClNO. The maximum atomic E-state index is 10.3. The summed E-state index contributed by atoms with van der Waals surface area (Å²) in [6, 6.07) is 18.1. The summed E-state index contributed by atoms with van der Waals surface area (Å²) in [5, 5.41) is 11.0. The first kappa shape index (κ1) is 16.0. The van der Waals surface area contributed by atoms with Crippen LogP contribution in [0, 0.1) is 0 Å². The minimum atomic E-state index is -0.387. The summed E-state index contributed by atoms with van der Waals surface area (Å²) in [6.07, 6.45) is 0.280. The first-order valence-corrected chi connectivity index (χ1v) is 7.62. The van der Waals surface area contributed by atoms with Gasteiger partial charge in [-0.3, -0.25) is 4.90 Å². The molecule has 0 saturated heterocycles. The van der Waals surface area contributed by atoms with Crippen molar-refractivity contribution >= 4 is 11.6 Å². The van der Waals surface area contributed by atoms with Gasteiger partial charge in [0.1, 0.15) is 0 Å². The van der Waals surface area contributed by atoms with Crippen molar-refractivity contribution in [3.05, 3.63) is 70.7 Å². The van der Waals surface area contributed by atoms with Crippen LogP contribution in [0.2, 0.25) is 5.02 Å². The van der Waals surface area contributed by atoms with Crippen LogP contribution < -0.4 is 0 Å². The van der Waals surface area contributed by atoms with Crippen LogP contribution in [0.25, 0.3) is 0 Å². The van der Waals surface area contributed by atoms with E-state index in [1.807, 2.05) is 61.6 Å². The molecule has 2 unspecified atom stereocenters. The normalized spacial score (nSPS) is 14.1. The number of hydrogen-bond donors (Lipinski definition) is 1. The molecule has 0 radical (unpaired) electrons. The minimum absolute atomic E-state index is 0.170. The Hall–Kier alpha value is -1.35. The first-order chi connectivity index (χ1) is 10.1. The number of nitrogens with zero attached hydrogens (tertiary/aromatic N) is 1. The van der Waals surface area contributed by atoms with Gasteiger partial charge in [-0.05, 0) is 37.6 Å². The summed E-state index contributed by atoms with van der Waals surface area (Å²) >= 11 is 6.24. The van der Waals surface area contributed by atoms with Gasteiger partial charge in [-0.15, -0.1) is 0 Å². The Bertz CT molecular complexity index is 558. The molecule has 3 heteroatoms. The summed E-state index contributed by atoms with van der Waals surface area (Å²) in [5.74, 6) is 0. The Kier molecular flexibility index (Phi) is 5.80. The number of likely N-dealkylation sites (N-methyl/N-ethyl adjacent to an activating group) is 1. The van der Waals surface area contributed by atoms with Crippen molar-refractivity contribution in [2.24, 2.45) is 0 Å². The second kappa shape index (κ2) is 7.60. The smallest absolute Gasteiger partial charge is 0.0707 e. The molecule has 0 aliphatic rings. The van der Waals surface area contributed by atoms with Gasteiger partial charge in [0, 0.05) is 17.6 Å². The molecule has 0 fully saturated rings. The van der Waals surface area contributed by atoms with Gasteiger partial charge >= 0.3 is 0 Å². The van der Waals surface area contributed by atoms with Crippen LogP contribution in [0.3, 0.4) is 0 Å². The fraction of sp³-hybridized carbons (Fsp3) is 0.333. The molecule has 0 aliphatic carbocycles. The number of halogens is 1. The lowest BCUT2D eigenvalue weighted by Gasteiger charge is -2.28. The standard InChI is InChI=1S/C18H22ClNO/c1-14(17-10-6-7-11-18(17)19)20(2)13-16(21)12-15-8-4-3-5-9-15/h3-11,14,16,21H,12-13H2,1-2H3. The second-order valence-corrected chi connectivity index (χ2v) is 5.89. The number of aliphatic hydroxyl groups is 1. The van der Waals surface area contributed by atoms with Crippen molar-refractivity contribution in [2.75, 3.05) is 13.6 Å². The van der Waals surface area contributed by atoms with Gasteiger partial charge in [0.25, 0.3) is 0 Å². The van der Waals surface area contributed by atoms with Crippen LogP contribution in [0.15, 0.2) is 54.6 Å². The summed E-state index contributed by atoms with van der Waals surface area (Å²) in [7, 11) is 2.02. The van der Waals surface area contributed by atoms with E-state index in [0.29, 0.717) is 13.0 Å². The summed E-state index contributed by atoms with van der Waals surface area (Å²) in [5.41, 5.74) is 2.25. The fourth-order valence-corrected chi connectivity index (χ4v) is 2.79. The zero-order valence-corrected chi connectivity index (χ0v) is 13.3. The Morgan fingerprint density at radius 3 is 2.33 bits per heavy atom. The van der Waals surface area contributed by atoms with Gasteiger partial charge in [-0.2, -0.15) is 0 Å². The topological polar surface area (TPSA) is 23.5 Å². The molecule has 0 heterocycles. The van der Waals surface area contributed by atoms with Gasteiger partial charge in [-0.25, -0.2) is 0 Å². The molecule has 2 atom stereocenters. The summed E-state index contributed by atoms with van der Waals surface area (Å²) in [4.78, 5) is 2.13. The Morgan fingerprint density at radius 2 is 1.67 bits per heavy atom. The highest BCUT2D eigenvalue weighted by atomic mass is 35.5. The molecule has 0 bridgehead atoms. The Morgan fingerprint density at radius 1 is 1.05 bits per heavy atom. The molecule has 0 aliphatic heterocycles. The van der Waals surface area contributed by atoms with Crippen LogP contribution in [0.1, 0.15) is 24.1 Å². The third kappa shape index (κ3) is 4.57. The van der Waals surface area contributed by atoms with Gasteiger partial charge in [0.15, 0.2) is 0 Å². The van der Waals surface area contributed by atoms with Crippen molar-refractivity contribution < 1.29 is 5.11 Å². The van der Waals surface area contributed by atoms with E-state index in [4.69, 9.17) is 11.6 Å². The lowest BCUT2D eigenvalue weighted by atomic mass is 10.0. The van der Waals surface area contributed by atoms with E-state index in [9.17, 15) is 5.11 Å². The molecule has 2 rings (SSSR count). The molecule has 112 valence electrons. The highest BCUT2D eigenvalue weighted by molar-refractivity contribution is 6.31. The molecule has 2 aromatic rings. The monoisotopic (exact) mass is 303 g/mol. The Balaban J connectivity index is 1.94. The molecule has 0 saturated carbocycles. The third-order valence-electron chi connectivity index (χ3n) is 3.83. The van der Waals surface area contributed by atoms with E-state index in [2.05, 4.69) is 11.8 Å². The van der Waals surface area contributed by atoms with Gasteiger partial charge in [0.05, 0.1) is 6.10 Å². The number of rotatable bonds is 6. The average Bonchev–Trinajstić information content (AvgIpc) is 2.48. The quantitative estimate of drug-likeness (QED) is 0.874. The molecular weight excluding hydrogens is 282 g/mol. The highest BCUT2D eigenvalue weighted by Crippen LogP contribution is 2.26. The molecule has 0 amide bonds. The SMILES string of the molecule is CC(c1ccccc1Cl)N(C)CC(O)Cc1ccccc1. The second-order valence-electron chi connectivity index (χ2n) is 5.48. The van der Waals surface area contributed by atoms with Crippen molar-refractivity contribution in [3.8, 4) is 0 Å². The maximum Gasteiger partial charge on any atom is 0.0707 e. The lowest BCUT2D eigenvalue weighted by Crippen LogP contribution is -2.32. The predicted molar refractivity (Wildman–Crippen MR) is 88.6 cm³/mol. The van der Waals surface area contributed by atoms with Crippen LogP contribution >= 0.6 is 11.6 Å². The van der Waals surface area contributed by atoms with E-state index < -0.39 is 0 Å². The number of hydrogen-bond acceptors (Lipinski definition) is 2. The molecule has 0 spiro atoms. The van der Waals surface area contributed by atoms with Crippen molar-refractivity contribution in [3.63, 3.8) is 0 Å². The van der Waals surface area contributed by atoms with Crippen LogP contribution in [-0.4, -0.2) is 29.7 Å². The van der Waals surface area contributed by atoms with E-state index in [-0.39, 0.29) is 12.1 Å². The molecule has 2 aromatic carbocycles. The largest absolute Gasteiger partial charge is 0.391 e. The van der Waals surface area contributed by atoms with Crippen molar-refractivity contribution in [1.29, 1.82) is 0 Å². The zero-order chi connectivity index (χ0) is 15.2. The van der Waals surface area contributed by atoms with Crippen LogP contribution in [-0.2, 0) is 6.42 Å². The number of aliphatic hydroxyl groups excluding tert-OH is 1. The first-order valence-electron chi connectivity index (χ1n) is 7.24. The van der Waals surface area contributed by atoms with Gasteiger partial charge in [-0.1, -0.05) is 60.1 Å². The maximum absolute atomic E-state index is 10.3. The van der Waals surface area contributed by atoms with Gasteiger partial charge in [0.2, 0.25) is 0 Å². The summed E-state index contributed by atoms with van der Waals surface area (Å²) in [6.45, 7) is 2.72. The van der Waals surface area contributed by atoms with Crippen LogP contribution in [0.4, 0.5) is 0 Å². The highest BCUT2D eigenvalue weighted by Gasteiger charge is 2.17. The fourth-order valence-electron chi connectivity index (χ4n) is 2.49. The van der Waals surface area contributed by atoms with E-state index >= 15 is 0 Å². The number of benzene rings is 2. The van der Waals surface area contributed by atoms with Crippen LogP contribution in [0.5, 0.6) is 0 Å². The average molecular weight is 304 g/mol. The molecule has 1 N–H and O–H groups in total. The van der Waals surface area contributed by atoms with Crippen molar-refractivity contribution in [2.45, 2.75) is 25.5 Å². The minimum Gasteiger partial charge on any atom is -0.391 e. The van der Waals surface area contributed by atoms with E-state index in [0.717, 1.165) is 16.1 Å². The van der Waals surface area contributed by atoms with Gasteiger partial charge < -0.3 is 5.11 Å². The molecule has 21 heavy (non-hydrogen) atoms.